The van der Waals surface area contributed by atoms with E-state index < -0.39 is 6.09 Å². The number of amides is 2. The molecule has 0 saturated heterocycles. The van der Waals surface area contributed by atoms with Crippen LogP contribution in [0.4, 0.5) is 10.5 Å². The Morgan fingerprint density at radius 2 is 1.94 bits per heavy atom. The van der Waals surface area contributed by atoms with Gasteiger partial charge in [0.25, 0.3) is 5.91 Å². The maximum absolute atomic E-state index is 12.9. The van der Waals surface area contributed by atoms with Gasteiger partial charge in [-0.25, -0.2) is 9.78 Å². The highest BCUT2D eigenvalue weighted by molar-refractivity contribution is 7.16. The monoisotopic (exact) mass is 469 g/mol. The van der Waals surface area contributed by atoms with Gasteiger partial charge in [-0.3, -0.25) is 9.69 Å². The van der Waals surface area contributed by atoms with Crippen molar-refractivity contribution in [3.63, 3.8) is 0 Å². The van der Waals surface area contributed by atoms with E-state index in [0.29, 0.717) is 35.7 Å². The minimum Gasteiger partial charge on any atom is -0.493 e. The Balaban J connectivity index is 1.62. The quantitative estimate of drug-likeness (QED) is 0.568. The van der Waals surface area contributed by atoms with Gasteiger partial charge in [0.15, 0.2) is 11.5 Å². The molecule has 0 bridgehead atoms. The van der Waals surface area contributed by atoms with Crippen molar-refractivity contribution in [2.45, 2.75) is 32.2 Å². The summed E-state index contributed by atoms with van der Waals surface area (Å²) in [5.41, 5.74) is 4.85. The first-order valence-electron chi connectivity index (χ1n) is 10.8. The molecule has 2 unspecified atom stereocenters. The minimum absolute atomic E-state index is 0.0171. The van der Waals surface area contributed by atoms with Crippen molar-refractivity contribution in [2.24, 2.45) is 0 Å². The number of ether oxygens (including phenoxy) is 3. The largest absolute Gasteiger partial charge is 0.493 e. The Morgan fingerprint density at radius 3 is 2.67 bits per heavy atom. The van der Waals surface area contributed by atoms with Crippen LogP contribution in [0.3, 0.4) is 0 Å². The third-order valence-electron chi connectivity index (χ3n) is 5.87. The van der Waals surface area contributed by atoms with Gasteiger partial charge in [0, 0.05) is 30.1 Å². The number of thiazole rings is 1. The zero-order valence-corrected chi connectivity index (χ0v) is 19.9. The molecule has 33 heavy (non-hydrogen) atoms. The third-order valence-corrected chi connectivity index (χ3v) is 6.66. The first-order valence-corrected chi connectivity index (χ1v) is 11.7. The molecule has 174 valence electrons. The summed E-state index contributed by atoms with van der Waals surface area (Å²) < 4.78 is 17.2. The standard InChI is InChI=1S/C24H27N3O5S/c1-5-32-24(29)27-14(2)8-16(17-10-20(30-3)21(31-4)11-19(17)27)12-25-23(28)15-6-7-18-22(9-15)33-13-26-18/h6-7,9-11,13-14,16H,5,8,12H2,1-4H3,(H,25,28). The highest BCUT2D eigenvalue weighted by Crippen LogP contribution is 2.44. The fourth-order valence-corrected chi connectivity index (χ4v) is 5.00. The summed E-state index contributed by atoms with van der Waals surface area (Å²) in [4.78, 5) is 31.5. The number of hydrogen-bond acceptors (Lipinski definition) is 7. The molecule has 2 aromatic carbocycles. The van der Waals surface area contributed by atoms with Gasteiger partial charge in [-0.15, -0.1) is 11.3 Å². The van der Waals surface area contributed by atoms with Crippen molar-refractivity contribution in [1.29, 1.82) is 0 Å². The Bertz CT molecular complexity index is 1180. The molecular formula is C24H27N3O5S. The van der Waals surface area contributed by atoms with Crippen molar-refractivity contribution in [1.82, 2.24) is 10.3 Å². The van der Waals surface area contributed by atoms with Crippen LogP contribution in [0.2, 0.25) is 0 Å². The fourth-order valence-electron chi connectivity index (χ4n) is 4.28. The number of rotatable bonds is 6. The molecular weight excluding hydrogens is 442 g/mol. The molecule has 0 aliphatic carbocycles. The van der Waals surface area contributed by atoms with E-state index in [-0.39, 0.29) is 24.5 Å². The van der Waals surface area contributed by atoms with E-state index in [2.05, 4.69) is 10.3 Å². The van der Waals surface area contributed by atoms with Crippen LogP contribution in [-0.2, 0) is 4.74 Å². The lowest BCUT2D eigenvalue weighted by atomic mass is 9.85. The molecule has 8 nitrogen and oxygen atoms in total. The SMILES string of the molecule is CCOC(=O)N1c2cc(OC)c(OC)cc2C(CNC(=O)c2ccc3ncsc3c2)CC1C. The van der Waals surface area contributed by atoms with E-state index in [0.717, 1.165) is 15.8 Å². The van der Waals surface area contributed by atoms with E-state index in [9.17, 15) is 9.59 Å². The highest BCUT2D eigenvalue weighted by Gasteiger charge is 2.36. The minimum atomic E-state index is -0.404. The Kier molecular flexibility index (Phi) is 6.69. The van der Waals surface area contributed by atoms with Crippen molar-refractivity contribution in [3.05, 3.63) is 47.0 Å². The molecule has 0 fully saturated rings. The van der Waals surface area contributed by atoms with Crippen molar-refractivity contribution >= 4 is 39.2 Å². The van der Waals surface area contributed by atoms with Gasteiger partial charge in [-0.05, 0) is 50.1 Å². The molecule has 1 aliphatic heterocycles. The maximum Gasteiger partial charge on any atom is 0.414 e. The van der Waals surface area contributed by atoms with Crippen molar-refractivity contribution in [2.75, 3.05) is 32.3 Å². The normalized spacial score (nSPS) is 17.4. The Morgan fingerprint density at radius 1 is 1.18 bits per heavy atom. The number of aromatic nitrogens is 1. The van der Waals surface area contributed by atoms with Crippen LogP contribution in [0.5, 0.6) is 11.5 Å². The molecule has 0 spiro atoms. The number of anilines is 1. The molecule has 0 saturated carbocycles. The second-order valence-electron chi connectivity index (χ2n) is 7.86. The van der Waals surface area contributed by atoms with E-state index in [1.54, 1.807) is 43.7 Å². The molecule has 1 aromatic heterocycles. The zero-order valence-electron chi connectivity index (χ0n) is 19.1. The first-order chi connectivity index (χ1) is 16.0. The van der Waals surface area contributed by atoms with Gasteiger partial charge in [-0.1, -0.05) is 0 Å². The van der Waals surface area contributed by atoms with Crippen LogP contribution in [0, 0.1) is 0 Å². The summed E-state index contributed by atoms with van der Waals surface area (Å²) >= 11 is 1.50. The number of carbonyl (C=O) groups excluding carboxylic acids is 2. The molecule has 2 amide bonds. The van der Waals surface area contributed by atoms with Crippen LogP contribution in [0.25, 0.3) is 10.2 Å². The molecule has 2 heterocycles. The molecule has 2 atom stereocenters. The molecule has 4 rings (SSSR count). The van der Waals surface area contributed by atoms with Gasteiger partial charge in [0.1, 0.15) is 0 Å². The smallest absolute Gasteiger partial charge is 0.414 e. The van der Waals surface area contributed by atoms with Crippen LogP contribution >= 0.6 is 11.3 Å². The molecule has 3 aromatic rings. The zero-order chi connectivity index (χ0) is 23.5. The Hall–Kier alpha value is -3.33. The summed E-state index contributed by atoms with van der Waals surface area (Å²) in [6.45, 7) is 4.46. The number of nitrogens with one attached hydrogen (secondary N) is 1. The van der Waals surface area contributed by atoms with Crippen molar-refractivity contribution < 1.29 is 23.8 Å². The molecule has 9 heteroatoms. The average molecular weight is 470 g/mol. The van der Waals surface area contributed by atoms with Crippen LogP contribution < -0.4 is 19.7 Å². The molecule has 1 N–H and O–H groups in total. The predicted molar refractivity (Wildman–Crippen MR) is 128 cm³/mol. The average Bonchev–Trinajstić information content (AvgIpc) is 3.29. The number of fused-ring (bicyclic) bond motifs is 2. The van der Waals surface area contributed by atoms with Crippen LogP contribution in [0.15, 0.2) is 35.8 Å². The number of hydrogen-bond donors (Lipinski definition) is 1. The van der Waals surface area contributed by atoms with Crippen LogP contribution in [-0.4, -0.2) is 50.4 Å². The van der Waals surface area contributed by atoms with E-state index in [4.69, 9.17) is 14.2 Å². The summed E-state index contributed by atoms with van der Waals surface area (Å²) in [5, 5.41) is 3.06. The van der Waals surface area contributed by atoms with Gasteiger partial charge >= 0.3 is 6.09 Å². The lowest BCUT2D eigenvalue weighted by molar-refractivity contribution is 0.0949. The highest BCUT2D eigenvalue weighted by atomic mass is 32.1. The summed E-state index contributed by atoms with van der Waals surface area (Å²) in [5.74, 6) is 0.936. The maximum atomic E-state index is 12.9. The van der Waals surface area contributed by atoms with Gasteiger partial charge in [-0.2, -0.15) is 0 Å². The Labute approximate surface area is 196 Å². The van der Waals surface area contributed by atoms with Gasteiger partial charge in [0.2, 0.25) is 0 Å². The summed E-state index contributed by atoms with van der Waals surface area (Å²) in [6.07, 6.45) is 0.258. The summed E-state index contributed by atoms with van der Waals surface area (Å²) in [7, 11) is 3.13. The van der Waals surface area contributed by atoms with Gasteiger partial charge < -0.3 is 19.5 Å². The van der Waals surface area contributed by atoms with Gasteiger partial charge in [0.05, 0.1) is 42.2 Å². The third kappa shape index (κ3) is 4.45. The first kappa shape index (κ1) is 22.8. The molecule has 1 aliphatic rings. The number of nitrogens with zero attached hydrogens (tertiary/aromatic N) is 2. The lowest BCUT2D eigenvalue weighted by Gasteiger charge is -2.39. The predicted octanol–water partition coefficient (Wildman–Crippen LogP) is 4.58. The van der Waals surface area contributed by atoms with E-state index in [1.165, 1.54) is 11.3 Å². The topological polar surface area (TPSA) is 90.0 Å². The fraction of sp³-hybridized carbons (Fsp3) is 0.375. The number of methoxy groups -OCH3 is 2. The van der Waals surface area contributed by atoms with Crippen LogP contribution in [0.1, 0.15) is 42.1 Å². The number of benzene rings is 2. The second-order valence-corrected chi connectivity index (χ2v) is 8.75. The van der Waals surface area contributed by atoms with E-state index >= 15 is 0 Å². The molecule has 0 radical (unpaired) electrons. The number of carbonyl (C=O) groups is 2. The lowest BCUT2D eigenvalue weighted by Crippen LogP contribution is -2.45. The summed E-state index contributed by atoms with van der Waals surface area (Å²) in [6, 6.07) is 9.05. The van der Waals surface area contributed by atoms with Crippen molar-refractivity contribution in [3.8, 4) is 11.5 Å². The second kappa shape index (κ2) is 9.66. The van der Waals surface area contributed by atoms with E-state index in [1.807, 2.05) is 25.1 Å².